The smallest absolute Gasteiger partial charge is 0.222 e. The van der Waals surface area contributed by atoms with Gasteiger partial charge in [0.1, 0.15) is 11.9 Å². The summed E-state index contributed by atoms with van der Waals surface area (Å²) in [7, 11) is 0. The van der Waals surface area contributed by atoms with E-state index in [0.29, 0.717) is 41.3 Å². The van der Waals surface area contributed by atoms with Crippen LogP contribution in [0.15, 0.2) is 22.8 Å². The number of aromatic nitrogens is 2. The maximum absolute atomic E-state index is 10.1. The highest BCUT2D eigenvalue weighted by Crippen LogP contribution is 2.37. The number of nitrogens with zero attached hydrogens (tertiary/aromatic N) is 2. The van der Waals surface area contributed by atoms with Crippen LogP contribution in [0.3, 0.4) is 0 Å². The summed E-state index contributed by atoms with van der Waals surface area (Å²) in [5.41, 5.74) is 1.30. The highest BCUT2D eigenvalue weighted by Gasteiger charge is 2.21. The van der Waals surface area contributed by atoms with Crippen molar-refractivity contribution < 1.29 is 19.0 Å². The van der Waals surface area contributed by atoms with E-state index in [1.165, 1.54) is 0 Å². The third-order valence-electron chi connectivity index (χ3n) is 3.64. The van der Waals surface area contributed by atoms with Gasteiger partial charge in [0.15, 0.2) is 11.3 Å². The summed E-state index contributed by atoms with van der Waals surface area (Å²) in [4.78, 5) is 8.40. The Morgan fingerprint density at radius 3 is 3.05 bits per heavy atom. The van der Waals surface area contributed by atoms with Crippen molar-refractivity contribution in [1.82, 2.24) is 9.97 Å². The van der Waals surface area contributed by atoms with Gasteiger partial charge >= 0.3 is 0 Å². The Hall–Kier alpha value is -2.34. The van der Waals surface area contributed by atoms with Crippen molar-refractivity contribution in [1.29, 1.82) is 0 Å². The molecule has 1 aliphatic heterocycles. The van der Waals surface area contributed by atoms with E-state index in [4.69, 9.17) is 13.9 Å². The molecule has 0 spiro atoms. The number of furan rings is 1. The van der Waals surface area contributed by atoms with Crippen molar-refractivity contribution in [3.8, 4) is 11.6 Å². The summed E-state index contributed by atoms with van der Waals surface area (Å²) in [5.74, 6) is 1.05. The normalized spacial score (nSPS) is 18.6. The molecular weight excluding hydrogens is 272 g/mol. The Morgan fingerprint density at radius 2 is 2.24 bits per heavy atom. The molecule has 0 unspecified atom stereocenters. The molecule has 1 atom stereocenters. The zero-order valence-electron chi connectivity index (χ0n) is 11.5. The Kier molecular flexibility index (Phi) is 2.71. The van der Waals surface area contributed by atoms with Crippen LogP contribution >= 0.6 is 0 Å². The van der Waals surface area contributed by atoms with E-state index in [0.717, 1.165) is 11.8 Å². The largest absolute Gasteiger partial charge is 0.493 e. The molecule has 3 heterocycles. The first-order valence-corrected chi connectivity index (χ1v) is 6.84. The minimum atomic E-state index is -0.0480. The van der Waals surface area contributed by atoms with Crippen LogP contribution < -0.4 is 4.74 Å². The molecule has 21 heavy (non-hydrogen) atoms. The van der Waals surface area contributed by atoms with E-state index in [2.05, 4.69) is 9.97 Å². The molecule has 1 saturated heterocycles. The van der Waals surface area contributed by atoms with Gasteiger partial charge in [-0.25, -0.2) is 4.98 Å². The number of hydrogen-bond donors (Lipinski definition) is 1. The molecule has 3 aromatic rings. The lowest BCUT2D eigenvalue weighted by Crippen LogP contribution is -2.15. The average molecular weight is 286 g/mol. The van der Waals surface area contributed by atoms with Gasteiger partial charge < -0.3 is 19.0 Å². The summed E-state index contributed by atoms with van der Waals surface area (Å²) in [6.45, 7) is 3.01. The first-order chi connectivity index (χ1) is 10.2. The van der Waals surface area contributed by atoms with Crippen molar-refractivity contribution >= 4 is 21.9 Å². The Balaban J connectivity index is 1.94. The van der Waals surface area contributed by atoms with Gasteiger partial charge in [-0.3, -0.25) is 0 Å². The summed E-state index contributed by atoms with van der Waals surface area (Å²) >= 11 is 0. The van der Waals surface area contributed by atoms with Crippen LogP contribution in [-0.4, -0.2) is 34.4 Å². The lowest BCUT2D eigenvalue weighted by molar-refractivity contribution is 0.141. The van der Waals surface area contributed by atoms with Gasteiger partial charge in [0.25, 0.3) is 0 Å². The van der Waals surface area contributed by atoms with Crippen molar-refractivity contribution in [3.63, 3.8) is 0 Å². The molecule has 1 N–H and O–H groups in total. The minimum absolute atomic E-state index is 0.00394. The van der Waals surface area contributed by atoms with Gasteiger partial charge in [0.2, 0.25) is 5.88 Å². The first-order valence-electron chi connectivity index (χ1n) is 6.84. The topological polar surface area (TPSA) is 77.6 Å². The maximum atomic E-state index is 10.1. The van der Waals surface area contributed by atoms with Crippen molar-refractivity contribution in [2.75, 3.05) is 13.2 Å². The zero-order valence-corrected chi connectivity index (χ0v) is 11.5. The molecule has 6 heteroatoms. The zero-order chi connectivity index (χ0) is 14.4. The molecule has 0 aliphatic carbocycles. The number of fused-ring (bicyclic) bond motifs is 3. The lowest BCUT2D eigenvalue weighted by atomic mass is 10.1. The van der Waals surface area contributed by atoms with Gasteiger partial charge in [-0.15, -0.1) is 0 Å². The number of aromatic hydroxyl groups is 1. The van der Waals surface area contributed by atoms with Crippen LogP contribution in [0.5, 0.6) is 11.6 Å². The standard InChI is InChI=1S/C15H14N2O4/c1-8-16-13-10-3-5-20-14(10)12(6-11(13)15(18)17-8)21-9-2-4-19-7-9/h3,5-6,9H,2,4,7H2,1H3,(H,16,17,18)/t9-/m0/s1. The van der Waals surface area contributed by atoms with Crippen molar-refractivity contribution in [2.24, 2.45) is 0 Å². The SMILES string of the molecule is Cc1nc(O)c2cc(O[C@H]3CCOC3)c3occc3c2n1. The lowest BCUT2D eigenvalue weighted by Gasteiger charge is -2.13. The molecule has 108 valence electrons. The van der Waals surface area contributed by atoms with E-state index in [1.807, 2.05) is 6.07 Å². The van der Waals surface area contributed by atoms with Crippen LogP contribution in [0.25, 0.3) is 21.9 Å². The monoisotopic (exact) mass is 286 g/mol. The number of ether oxygens (including phenoxy) is 2. The van der Waals surface area contributed by atoms with E-state index >= 15 is 0 Å². The second-order valence-electron chi connectivity index (χ2n) is 5.13. The number of rotatable bonds is 2. The number of aryl methyl sites for hydroxylation is 1. The Morgan fingerprint density at radius 1 is 1.33 bits per heavy atom. The fourth-order valence-corrected chi connectivity index (χ4v) is 2.66. The Labute approximate surface area is 120 Å². The molecular formula is C15H14N2O4. The molecule has 6 nitrogen and oxygen atoms in total. The predicted octanol–water partition coefficient (Wildman–Crippen LogP) is 2.56. The van der Waals surface area contributed by atoms with Gasteiger partial charge in [-0.2, -0.15) is 4.98 Å². The molecule has 0 radical (unpaired) electrons. The molecule has 2 aromatic heterocycles. The van der Waals surface area contributed by atoms with Gasteiger partial charge in [0.05, 0.1) is 35.8 Å². The van der Waals surface area contributed by atoms with Crippen LogP contribution in [-0.2, 0) is 4.74 Å². The van der Waals surface area contributed by atoms with Crippen LogP contribution in [0.4, 0.5) is 0 Å². The third-order valence-corrected chi connectivity index (χ3v) is 3.64. The van der Waals surface area contributed by atoms with E-state index < -0.39 is 0 Å². The van der Waals surface area contributed by atoms with Crippen LogP contribution in [0, 0.1) is 6.92 Å². The van der Waals surface area contributed by atoms with Crippen molar-refractivity contribution in [2.45, 2.75) is 19.4 Å². The fraction of sp³-hybridized carbons (Fsp3) is 0.333. The molecule has 1 fully saturated rings. The highest BCUT2D eigenvalue weighted by atomic mass is 16.5. The molecule has 0 bridgehead atoms. The molecule has 1 aromatic carbocycles. The number of hydrogen-bond acceptors (Lipinski definition) is 6. The van der Waals surface area contributed by atoms with Crippen LogP contribution in [0.1, 0.15) is 12.2 Å². The predicted molar refractivity (Wildman–Crippen MR) is 75.6 cm³/mol. The third kappa shape index (κ3) is 1.99. The van der Waals surface area contributed by atoms with Gasteiger partial charge in [-0.05, 0) is 19.1 Å². The van der Waals surface area contributed by atoms with E-state index in [-0.39, 0.29) is 12.0 Å². The summed E-state index contributed by atoms with van der Waals surface area (Å²) in [6, 6.07) is 3.55. The van der Waals surface area contributed by atoms with Gasteiger partial charge in [0, 0.05) is 6.42 Å². The van der Waals surface area contributed by atoms with Crippen LogP contribution in [0.2, 0.25) is 0 Å². The molecule has 0 amide bonds. The quantitative estimate of drug-likeness (QED) is 0.780. The van der Waals surface area contributed by atoms with E-state index in [1.54, 1.807) is 19.3 Å². The molecule has 0 saturated carbocycles. The summed E-state index contributed by atoms with van der Waals surface area (Å²) < 4.78 is 16.8. The Bertz CT molecular complexity index is 821. The van der Waals surface area contributed by atoms with Crippen molar-refractivity contribution in [3.05, 3.63) is 24.2 Å². The second kappa shape index (κ2) is 4.60. The summed E-state index contributed by atoms with van der Waals surface area (Å²) in [5, 5.41) is 11.4. The van der Waals surface area contributed by atoms with Gasteiger partial charge in [-0.1, -0.05) is 0 Å². The number of benzene rings is 1. The molecule has 4 rings (SSSR count). The second-order valence-corrected chi connectivity index (χ2v) is 5.13. The van der Waals surface area contributed by atoms with E-state index in [9.17, 15) is 5.11 Å². The fourth-order valence-electron chi connectivity index (χ4n) is 2.66. The summed E-state index contributed by atoms with van der Waals surface area (Å²) in [6.07, 6.45) is 2.44. The maximum Gasteiger partial charge on any atom is 0.222 e. The minimum Gasteiger partial charge on any atom is -0.493 e. The first kappa shape index (κ1) is 12.4. The highest BCUT2D eigenvalue weighted by molar-refractivity contribution is 6.07. The molecule has 1 aliphatic rings. The average Bonchev–Trinajstić information content (AvgIpc) is 3.10.